The molecule has 1 aliphatic heterocycles. The zero-order valence-electron chi connectivity index (χ0n) is 14.7. The van der Waals surface area contributed by atoms with Crippen molar-refractivity contribution < 1.29 is 9.18 Å². The molecule has 26 heavy (non-hydrogen) atoms. The molecule has 2 fully saturated rings. The number of nitrogens with one attached hydrogen (secondary N) is 2. The Labute approximate surface area is 152 Å². The Kier molecular flexibility index (Phi) is 4.73. The van der Waals surface area contributed by atoms with Crippen molar-refractivity contribution in [2.75, 3.05) is 23.3 Å². The Morgan fingerprint density at radius 1 is 1.19 bits per heavy atom. The second-order valence-electron chi connectivity index (χ2n) is 6.97. The minimum absolute atomic E-state index is 0.166. The molecule has 2 heterocycles. The van der Waals surface area contributed by atoms with E-state index in [-0.39, 0.29) is 18.3 Å². The van der Waals surface area contributed by atoms with Gasteiger partial charge in [0.2, 0.25) is 0 Å². The topological polar surface area (TPSA) is 57.3 Å². The van der Waals surface area contributed by atoms with E-state index >= 15 is 0 Å². The molecule has 2 aromatic rings. The number of amides is 1. The van der Waals surface area contributed by atoms with Gasteiger partial charge in [0.1, 0.15) is 11.6 Å². The van der Waals surface area contributed by atoms with Gasteiger partial charge in [0, 0.05) is 43.1 Å². The number of carbonyl (C=O) groups excluding carboxylic acids is 1. The number of carbonyl (C=O) groups is 1. The summed E-state index contributed by atoms with van der Waals surface area (Å²) in [6.45, 7) is 2.03. The summed E-state index contributed by atoms with van der Waals surface area (Å²) in [5.74, 6) is 0.261. The van der Waals surface area contributed by atoms with Crippen LogP contribution in [0.15, 0.2) is 36.5 Å². The first-order valence-electron chi connectivity index (χ1n) is 9.24. The summed E-state index contributed by atoms with van der Waals surface area (Å²) < 4.78 is 14.3. The molecule has 5 nitrogen and oxygen atoms in total. The summed E-state index contributed by atoms with van der Waals surface area (Å²) >= 11 is 0. The van der Waals surface area contributed by atoms with E-state index in [1.807, 2.05) is 12.1 Å². The van der Waals surface area contributed by atoms with Gasteiger partial charge in [0.15, 0.2) is 0 Å². The van der Waals surface area contributed by atoms with Crippen LogP contribution in [0.2, 0.25) is 0 Å². The fourth-order valence-corrected chi connectivity index (χ4v) is 3.30. The number of aromatic nitrogens is 1. The molecule has 4 rings (SSSR count). The van der Waals surface area contributed by atoms with Crippen molar-refractivity contribution >= 4 is 17.4 Å². The number of pyridine rings is 1. The highest BCUT2D eigenvalue weighted by Crippen LogP contribution is 2.27. The van der Waals surface area contributed by atoms with Crippen LogP contribution in [0.4, 0.5) is 15.9 Å². The lowest BCUT2D eigenvalue weighted by atomic mass is 10.1. The molecule has 136 valence electrons. The van der Waals surface area contributed by atoms with Gasteiger partial charge in [0.25, 0.3) is 5.91 Å². The normalized spacial score (nSPS) is 16.6. The molecule has 0 radical (unpaired) electrons. The third-order valence-corrected chi connectivity index (χ3v) is 4.92. The van der Waals surface area contributed by atoms with Crippen LogP contribution in [0.3, 0.4) is 0 Å². The average molecular weight is 354 g/mol. The van der Waals surface area contributed by atoms with E-state index in [9.17, 15) is 9.18 Å². The monoisotopic (exact) mass is 354 g/mol. The Balaban J connectivity index is 1.42. The summed E-state index contributed by atoms with van der Waals surface area (Å²) in [4.78, 5) is 18.9. The largest absolute Gasteiger partial charge is 0.371 e. The molecule has 0 bridgehead atoms. The predicted molar refractivity (Wildman–Crippen MR) is 99.9 cm³/mol. The van der Waals surface area contributed by atoms with Crippen molar-refractivity contribution in [3.05, 3.63) is 53.5 Å². The third kappa shape index (κ3) is 3.79. The molecule has 6 heteroatoms. The summed E-state index contributed by atoms with van der Waals surface area (Å²) in [5.41, 5.74) is 1.90. The minimum Gasteiger partial charge on any atom is -0.371 e. The standard InChI is InChI=1S/C20H23FN4O/c21-17-4-3-5-18(25-10-1-2-11-25)16(17)13-23-20(26)14-6-9-19(22-12-14)24-15-7-8-15/h3-6,9,12,15H,1-2,7-8,10-11,13H2,(H,22,24)(H,23,26). The molecule has 0 spiro atoms. The van der Waals surface area contributed by atoms with Crippen LogP contribution in [0.1, 0.15) is 41.6 Å². The molecule has 2 N–H and O–H groups in total. The van der Waals surface area contributed by atoms with E-state index in [0.717, 1.165) is 37.4 Å². The van der Waals surface area contributed by atoms with Gasteiger partial charge < -0.3 is 15.5 Å². The smallest absolute Gasteiger partial charge is 0.253 e. The molecule has 0 unspecified atom stereocenters. The number of nitrogens with zero attached hydrogens (tertiary/aromatic N) is 2. The first-order valence-corrected chi connectivity index (χ1v) is 9.24. The Hall–Kier alpha value is -2.63. The van der Waals surface area contributed by atoms with Crippen LogP contribution in [0, 0.1) is 5.82 Å². The molecule has 1 aromatic heterocycles. The Bertz CT molecular complexity index is 783. The fourth-order valence-electron chi connectivity index (χ4n) is 3.30. The van der Waals surface area contributed by atoms with Gasteiger partial charge in [-0.15, -0.1) is 0 Å². The second kappa shape index (κ2) is 7.32. The summed E-state index contributed by atoms with van der Waals surface area (Å²) in [5, 5.41) is 6.11. The molecule has 1 amide bonds. The van der Waals surface area contributed by atoms with E-state index in [1.165, 1.54) is 18.9 Å². The van der Waals surface area contributed by atoms with Crippen molar-refractivity contribution in [1.29, 1.82) is 0 Å². The van der Waals surface area contributed by atoms with E-state index < -0.39 is 0 Å². The van der Waals surface area contributed by atoms with Crippen LogP contribution in [-0.2, 0) is 6.54 Å². The number of rotatable bonds is 6. The van der Waals surface area contributed by atoms with Crippen LogP contribution in [0.5, 0.6) is 0 Å². The van der Waals surface area contributed by atoms with Crippen molar-refractivity contribution in [1.82, 2.24) is 10.3 Å². The summed E-state index contributed by atoms with van der Waals surface area (Å²) in [7, 11) is 0. The lowest BCUT2D eigenvalue weighted by Gasteiger charge is -2.22. The van der Waals surface area contributed by atoms with Gasteiger partial charge in [-0.05, 0) is 49.9 Å². The summed E-state index contributed by atoms with van der Waals surface area (Å²) in [6, 6.07) is 9.18. The quantitative estimate of drug-likeness (QED) is 0.835. The molecule has 1 aliphatic carbocycles. The number of hydrogen-bond acceptors (Lipinski definition) is 4. The van der Waals surface area contributed by atoms with Gasteiger partial charge in [-0.1, -0.05) is 6.07 Å². The van der Waals surface area contributed by atoms with Crippen LogP contribution < -0.4 is 15.5 Å². The van der Waals surface area contributed by atoms with Crippen LogP contribution in [0.25, 0.3) is 0 Å². The molecule has 0 atom stereocenters. The average Bonchev–Trinajstić information content (AvgIpc) is 3.30. The first kappa shape index (κ1) is 16.8. The highest BCUT2D eigenvalue weighted by molar-refractivity contribution is 5.94. The maximum Gasteiger partial charge on any atom is 0.253 e. The molecule has 1 aromatic carbocycles. The van der Waals surface area contributed by atoms with Gasteiger partial charge in [-0.2, -0.15) is 0 Å². The van der Waals surface area contributed by atoms with E-state index in [1.54, 1.807) is 18.3 Å². The lowest BCUT2D eigenvalue weighted by molar-refractivity contribution is 0.0950. The molecule has 1 saturated heterocycles. The van der Waals surface area contributed by atoms with Crippen molar-refractivity contribution in [2.45, 2.75) is 38.3 Å². The Morgan fingerprint density at radius 3 is 2.69 bits per heavy atom. The van der Waals surface area contributed by atoms with Gasteiger partial charge >= 0.3 is 0 Å². The highest BCUT2D eigenvalue weighted by Gasteiger charge is 2.21. The van der Waals surface area contributed by atoms with Crippen LogP contribution >= 0.6 is 0 Å². The third-order valence-electron chi connectivity index (χ3n) is 4.92. The van der Waals surface area contributed by atoms with E-state index in [0.29, 0.717) is 17.2 Å². The van der Waals surface area contributed by atoms with Crippen LogP contribution in [-0.4, -0.2) is 30.0 Å². The van der Waals surface area contributed by atoms with Gasteiger partial charge in [0.05, 0.1) is 5.56 Å². The number of hydrogen-bond donors (Lipinski definition) is 2. The molecule has 2 aliphatic rings. The summed E-state index contributed by atoms with van der Waals surface area (Å²) in [6.07, 6.45) is 6.14. The second-order valence-corrected chi connectivity index (χ2v) is 6.97. The minimum atomic E-state index is -0.281. The zero-order valence-corrected chi connectivity index (χ0v) is 14.7. The SMILES string of the molecule is O=C(NCc1c(F)cccc1N1CCCC1)c1ccc(NC2CC2)nc1. The zero-order chi connectivity index (χ0) is 17.9. The van der Waals surface area contributed by atoms with Gasteiger partial charge in [-0.3, -0.25) is 4.79 Å². The number of anilines is 2. The van der Waals surface area contributed by atoms with Crippen molar-refractivity contribution in [2.24, 2.45) is 0 Å². The highest BCUT2D eigenvalue weighted by atomic mass is 19.1. The van der Waals surface area contributed by atoms with Crippen molar-refractivity contribution in [3.8, 4) is 0 Å². The van der Waals surface area contributed by atoms with Gasteiger partial charge in [-0.25, -0.2) is 9.37 Å². The number of benzene rings is 1. The Morgan fingerprint density at radius 2 is 2.00 bits per heavy atom. The molecular weight excluding hydrogens is 331 g/mol. The number of halogens is 1. The molecule has 1 saturated carbocycles. The lowest BCUT2D eigenvalue weighted by Crippen LogP contribution is -2.26. The maximum absolute atomic E-state index is 14.3. The maximum atomic E-state index is 14.3. The fraction of sp³-hybridized carbons (Fsp3) is 0.400. The van der Waals surface area contributed by atoms with E-state index in [2.05, 4.69) is 20.5 Å². The van der Waals surface area contributed by atoms with Crippen molar-refractivity contribution in [3.63, 3.8) is 0 Å². The first-order chi connectivity index (χ1) is 12.7. The predicted octanol–water partition coefficient (Wildman–Crippen LogP) is 3.33. The van der Waals surface area contributed by atoms with E-state index in [4.69, 9.17) is 0 Å². The molecular formula is C20H23FN4O.